The molecule has 1 aliphatic heterocycles. The average molecular weight is 385 g/mol. The van der Waals surface area contributed by atoms with Crippen molar-refractivity contribution in [2.24, 2.45) is 4.99 Å². The molecule has 0 saturated heterocycles. The highest BCUT2D eigenvalue weighted by atomic mass is 16.3. The van der Waals surface area contributed by atoms with Gasteiger partial charge < -0.3 is 20.7 Å². The van der Waals surface area contributed by atoms with E-state index in [2.05, 4.69) is 43.5 Å². The van der Waals surface area contributed by atoms with E-state index in [1.54, 1.807) is 6.20 Å². The molecule has 152 valence electrons. The molecule has 0 aromatic carbocycles. The molecule has 0 atom stereocenters. The van der Waals surface area contributed by atoms with Crippen molar-refractivity contribution in [1.82, 2.24) is 20.0 Å². The van der Waals surface area contributed by atoms with E-state index >= 15 is 0 Å². The molecule has 0 fully saturated rings. The van der Waals surface area contributed by atoms with Crippen LogP contribution in [0, 0.1) is 5.41 Å². The Morgan fingerprint density at radius 3 is 2.68 bits per heavy atom. The normalized spacial score (nSPS) is 16.4. The maximum Gasteiger partial charge on any atom is 0.0974 e. The van der Waals surface area contributed by atoms with Crippen LogP contribution in [-0.4, -0.2) is 51.9 Å². The Morgan fingerprint density at radius 1 is 1.32 bits per heavy atom. The van der Waals surface area contributed by atoms with Crippen LogP contribution in [0.3, 0.4) is 0 Å². The summed E-state index contributed by atoms with van der Waals surface area (Å²) in [6.45, 7) is 6.91. The zero-order valence-electron chi connectivity index (χ0n) is 17.3. The van der Waals surface area contributed by atoms with Gasteiger partial charge in [0.25, 0.3) is 0 Å². The molecule has 0 amide bonds. The summed E-state index contributed by atoms with van der Waals surface area (Å²) in [6, 6.07) is 0.379. The van der Waals surface area contributed by atoms with Crippen molar-refractivity contribution in [2.75, 3.05) is 20.2 Å². The molecule has 2 rings (SSSR count). The van der Waals surface area contributed by atoms with Crippen molar-refractivity contribution in [3.05, 3.63) is 53.4 Å². The van der Waals surface area contributed by atoms with E-state index in [9.17, 15) is 0 Å². The highest BCUT2D eigenvalue weighted by Crippen LogP contribution is 2.25. The number of hydrogen-bond acceptors (Lipinski definition) is 6. The van der Waals surface area contributed by atoms with Crippen LogP contribution in [0.5, 0.6) is 0 Å². The Kier molecular flexibility index (Phi) is 8.19. The number of allylic oxidation sites excluding steroid dienone is 3. The molecule has 3 N–H and O–H groups in total. The fraction of sp³-hybridized carbons (Fsp3) is 0.476. The maximum absolute atomic E-state index is 8.96. The van der Waals surface area contributed by atoms with Crippen LogP contribution in [0.4, 0.5) is 0 Å². The van der Waals surface area contributed by atoms with Gasteiger partial charge in [-0.2, -0.15) is 5.10 Å². The molecule has 1 aromatic heterocycles. The molecule has 0 aliphatic carbocycles. The number of aliphatic hydroxyl groups is 1. The number of rotatable bonds is 10. The van der Waals surface area contributed by atoms with Gasteiger partial charge in [0.05, 0.1) is 36.0 Å². The number of hydrogen-bond donors (Lipinski definition) is 3. The first-order valence-corrected chi connectivity index (χ1v) is 9.93. The lowest BCUT2D eigenvalue weighted by atomic mass is 10.1. The first-order valence-electron chi connectivity index (χ1n) is 9.93. The summed E-state index contributed by atoms with van der Waals surface area (Å²) < 4.78 is 2.02. The quantitative estimate of drug-likeness (QED) is 0.427. The van der Waals surface area contributed by atoms with Gasteiger partial charge in [-0.1, -0.05) is 26.8 Å². The van der Waals surface area contributed by atoms with Crippen LogP contribution < -0.4 is 5.32 Å². The fourth-order valence-corrected chi connectivity index (χ4v) is 3.17. The highest BCUT2D eigenvalue weighted by molar-refractivity contribution is 6.13. The molecule has 0 saturated carbocycles. The van der Waals surface area contributed by atoms with Crippen LogP contribution >= 0.6 is 0 Å². The molecular weight excluding hydrogens is 352 g/mol. The Labute approximate surface area is 167 Å². The van der Waals surface area contributed by atoms with Gasteiger partial charge in [0.15, 0.2) is 0 Å². The van der Waals surface area contributed by atoms with Gasteiger partial charge in [-0.25, -0.2) is 4.99 Å². The zero-order chi connectivity index (χ0) is 20.5. The summed E-state index contributed by atoms with van der Waals surface area (Å²) in [5, 5.41) is 24.3. The summed E-state index contributed by atoms with van der Waals surface area (Å²) >= 11 is 0. The fourth-order valence-electron chi connectivity index (χ4n) is 3.17. The Hall–Kier alpha value is -2.67. The average Bonchev–Trinajstić information content (AvgIpc) is 3.17. The number of aliphatic imine (C=N–C) groups is 1. The van der Waals surface area contributed by atoms with Crippen LogP contribution in [0.15, 0.2) is 52.8 Å². The van der Waals surface area contributed by atoms with E-state index in [0.717, 1.165) is 36.2 Å². The number of likely N-dealkylation sites (N-methyl/N-ethyl adjacent to an activating group) is 1. The second-order valence-corrected chi connectivity index (χ2v) is 6.68. The van der Waals surface area contributed by atoms with Crippen LogP contribution in [0.2, 0.25) is 0 Å². The first kappa shape index (κ1) is 21.6. The topological polar surface area (TPSA) is 89.5 Å². The minimum Gasteiger partial charge on any atom is -0.395 e. The highest BCUT2D eigenvalue weighted by Gasteiger charge is 2.22. The molecule has 28 heavy (non-hydrogen) atoms. The van der Waals surface area contributed by atoms with Crippen molar-refractivity contribution >= 4 is 11.9 Å². The number of aliphatic hydroxyl groups excluding tert-OH is 1. The molecule has 1 aromatic rings. The third kappa shape index (κ3) is 4.98. The lowest BCUT2D eigenvalue weighted by Gasteiger charge is -2.26. The van der Waals surface area contributed by atoms with Gasteiger partial charge in [0, 0.05) is 49.5 Å². The summed E-state index contributed by atoms with van der Waals surface area (Å²) in [5.74, 6) is 0. The molecule has 0 radical (unpaired) electrons. The van der Waals surface area contributed by atoms with Gasteiger partial charge in [-0.3, -0.25) is 4.68 Å². The zero-order valence-corrected chi connectivity index (χ0v) is 17.3. The summed E-state index contributed by atoms with van der Waals surface area (Å²) in [6.07, 6.45) is 14.0. The van der Waals surface area contributed by atoms with E-state index in [0.29, 0.717) is 23.9 Å². The van der Waals surface area contributed by atoms with Crippen molar-refractivity contribution in [3.8, 4) is 0 Å². The van der Waals surface area contributed by atoms with Crippen LogP contribution in [-0.2, 0) is 0 Å². The smallest absolute Gasteiger partial charge is 0.0974 e. The van der Waals surface area contributed by atoms with Crippen LogP contribution in [0.25, 0.3) is 0 Å². The second-order valence-electron chi connectivity index (χ2n) is 6.68. The standard InChI is InChI=1S/C21H32N6O/c1-5-8-20-21(17-13-24-27(14-17)18(6-2)7-3)25-19(15-26(20)4)16(11-22)12-23-9-10-28/h8,11-15,18,22-23,28H,5-7,9-10H2,1-4H3/b16-12+,20-8-,22-11?. The minimum absolute atomic E-state index is 0.0356. The predicted octanol–water partition coefficient (Wildman–Crippen LogP) is 3.23. The molecule has 7 nitrogen and oxygen atoms in total. The molecular formula is C21H32N6O. The largest absolute Gasteiger partial charge is 0.395 e. The Bertz CT molecular complexity index is 783. The number of aromatic nitrogens is 2. The third-order valence-corrected chi connectivity index (χ3v) is 4.72. The Morgan fingerprint density at radius 2 is 2.07 bits per heavy atom. The minimum atomic E-state index is 0.0356. The lowest BCUT2D eigenvalue weighted by Crippen LogP contribution is -2.24. The molecule has 0 unspecified atom stereocenters. The molecule has 0 spiro atoms. The maximum atomic E-state index is 8.96. The third-order valence-electron chi connectivity index (χ3n) is 4.72. The SMILES string of the molecule is CC/C=C1/C(c2cnn(C(CC)CC)c2)=NC(/C(C=N)=C/NCCO)=CN1C. The monoisotopic (exact) mass is 384 g/mol. The van der Waals surface area contributed by atoms with Gasteiger partial charge in [0.1, 0.15) is 0 Å². The van der Waals surface area contributed by atoms with Gasteiger partial charge in [0.2, 0.25) is 0 Å². The second kappa shape index (κ2) is 10.6. The van der Waals surface area contributed by atoms with Crippen molar-refractivity contribution in [2.45, 2.75) is 46.1 Å². The molecule has 7 heteroatoms. The summed E-state index contributed by atoms with van der Waals surface area (Å²) in [5.41, 5.74) is 4.20. The van der Waals surface area contributed by atoms with Crippen molar-refractivity contribution in [3.63, 3.8) is 0 Å². The van der Waals surface area contributed by atoms with Gasteiger partial charge >= 0.3 is 0 Å². The van der Waals surface area contributed by atoms with Crippen LogP contribution in [0.1, 0.15) is 51.6 Å². The first-order chi connectivity index (χ1) is 13.6. The number of nitrogens with zero attached hydrogens (tertiary/aromatic N) is 4. The van der Waals surface area contributed by atoms with E-state index < -0.39 is 0 Å². The van der Waals surface area contributed by atoms with E-state index in [1.807, 2.05) is 29.0 Å². The van der Waals surface area contributed by atoms with E-state index in [-0.39, 0.29) is 6.61 Å². The molecule has 2 heterocycles. The molecule has 0 bridgehead atoms. The molecule has 1 aliphatic rings. The predicted molar refractivity (Wildman–Crippen MR) is 115 cm³/mol. The summed E-state index contributed by atoms with van der Waals surface area (Å²) in [4.78, 5) is 6.91. The summed E-state index contributed by atoms with van der Waals surface area (Å²) in [7, 11) is 1.99. The Balaban J connectivity index is 2.46. The van der Waals surface area contributed by atoms with Gasteiger partial charge in [-0.15, -0.1) is 0 Å². The van der Waals surface area contributed by atoms with E-state index in [4.69, 9.17) is 15.5 Å². The van der Waals surface area contributed by atoms with Gasteiger partial charge in [-0.05, 0) is 19.3 Å². The lowest BCUT2D eigenvalue weighted by molar-refractivity contribution is 0.298. The number of nitrogens with one attached hydrogen (secondary N) is 2. The van der Waals surface area contributed by atoms with E-state index in [1.165, 1.54) is 6.21 Å². The van der Waals surface area contributed by atoms with Crippen molar-refractivity contribution in [1.29, 1.82) is 5.41 Å². The van der Waals surface area contributed by atoms with Crippen molar-refractivity contribution < 1.29 is 5.11 Å².